The average molecular weight is 368 g/mol. The molecule has 1 atom stereocenters. The average Bonchev–Trinajstić information content (AvgIpc) is 3.31. The van der Waals surface area contributed by atoms with Gasteiger partial charge in [0.2, 0.25) is 5.91 Å². The first kappa shape index (κ1) is 16.2. The maximum absolute atomic E-state index is 12.2. The van der Waals surface area contributed by atoms with Crippen LogP contribution in [0.25, 0.3) is 0 Å². The normalized spacial score (nSPS) is 17.0. The van der Waals surface area contributed by atoms with Crippen molar-refractivity contribution < 1.29 is 9.53 Å². The van der Waals surface area contributed by atoms with E-state index in [-0.39, 0.29) is 11.3 Å². The van der Waals surface area contributed by atoms with Gasteiger partial charge in [0.15, 0.2) is 5.13 Å². The molecule has 3 aromatic rings. The highest BCUT2D eigenvalue weighted by Gasteiger charge is 2.35. The number of rotatable bonds is 5. The van der Waals surface area contributed by atoms with Crippen molar-refractivity contribution in [2.45, 2.75) is 12.0 Å². The van der Waals surface area contributed by atoms with Gasteiger partial charge in [-0.15, -0.1) is 23.1 Å². The molecule has 1 aliphatic heterocycles. The Bertz CT molecular complexity index is 836. The molecule has 1 amide bonds. The van der Waals surface area contributed by atoms with Crippen molar-refractivity contribution in [2.75, 3.05) is 10.7 Å². The molecule has 1 aliphatic rings. The lowest BCUT2D eigenvalue weighted by molar-refractivity contribution is -0.115. The van der Waals surface area contributed by atoms with Gasteiger partial charge in [0.1, 0.15) is 17.7 Å². The van der Waals surface area contributed by atoms with Crippen LogP contribution in [0.4, 0.5) is 5.13 Å². The lowest BCUT2D eigenvalue weighted by atomic mass is 10.2. The molecule has 1 aromatic heterocycles. The third kappa shape index (κ3) is 3.55. The lowest BCUT2D eigenvalue weighted by Crippen LogP contribution is -2.27. The fourth-order valence-electron chi connectivity index (χ4n) is 2.68. The predicted molar refractivity (Wildman–Crippen MR) is 102 cm³/mol. The third-order valence-corrected chi connectivity index (χ3v) is 5.89. The van der Waals surface area contributed by atoms with Crippen LogP contribution in [0.15, 0.2) is 66.2 Å². The first-order chi connectivity index (χ1) is 12.3. The topological polar surface area (TPSA) is 42.4 Å². The third-order valence-electron chi connectivity index (χ3n) is 3.91. The van der Waals surface area contributed by atoms with Crippen LogP contribution in [0.5, 0.6) is 5.75 Å². The van der Waals surface area contributed by atoms with Crippen LogP contribution in [-0.4, -0.2) is 16.6 Å². The van der Waals surface area contributed by atoms with Crippen LogP contribution in [-0.2, 0) is 11.4 Å². The molecule has 4 nitrogen and oxygen atoms in total. The number of nitrogens with zero attached hydrogens (tertiary/aromatic N) is 2. The number of thioether (sulfide) groups is 1. The zero-order valence-corrected chi connectivity index (χ0v) is 15.0. The predicted octanol–water partition coefficient (Wildman–Crippen LogP) is 4.50. The monoisotopic (exact) mass is 368 g/mol. The van der Waals surface area contributed by atoms with E-state index in [1.165, 1.54) is 11.3 Å². The second kappa shape index (κ2) is 7.29. The summed E-state index contributed by atoms with van der Waals surface area (Å²) in [5.41, 5.74) is 2.22. The molecule has 0 radical (unpaired) electrons. The minimum Gasteiger partial charge on any atom is -0.489 e. The standard InChI is InChI=1S/C19H16N2O2S2/c22-17-13-25-18(21(17)19-20-10-11-24-19)15-6-8-16(9-7-15)23-12-14-4-2-1-3-5-14/h1-11,18H,12-13H2. The highest BCUT2D eigenvalue weighted by molar-refractivity contribution is 8.00. The number of carbonyl (C=O) groups excluding carboxylic acids is 1. The van der Waals surface area contributed by atoms with Crippen LogP contribution in [0.1, 0.15) is 16.5 Å². The quantitative estimate of drug-likeness (QED) is 0.665. The molecule has 0 saturated carbocycles. The van der Waals surface area contributed by atoms with Crippen LogP contribution in [0, 0.1) is 0 Å². The molecule has 1 unspecified atom stereocenters. The number of carbonyl (C=O) groups is 1. The summed E-state index contributed by atoms with van der Waals surface area (Å²) >= 11 is 3.12. The minimum atomic E-state index is -0.0261. The number of amides is 1. The van der Waals surface area contributed by atoms with Crippen molar-refractivity contribution in [1.82, 2.24) is 4.98 Å². The van der Waals surface area contributed by atoms with E-state index in [1.54, 1.807) is 22.9 Å². The molecular weight excluding hydrogens is 352 g/mol. The summed E-state index contributed by atoms with van der Waals surface area (Å²) in [6, 6.07) is 18.1. The molecule has 2 aromatic carbocycles. The summed E-state index contributed by atoms with van der Waals surface area (Å²) < 4.78 is 5.83. The summed E-state index contributed by atoms with van der Waals surface area (Å²) in [5.74, 6) is 1.41. The Balaban J connectivity index is 1.47. The number of thiazole rings is 1. The van der Waals surface area contributed by atoms with E-state index in [0.717, 1.165) is 22.0 Å². The number of hydrogen-bond donors (Lipinski definition) is 0. The SMILES string of the molecule is O=C1CSC(c2ccc(OCc3ccccc3)cc2)N1c1nccs1. The Hall–Kier alpha value is -2.31. The zero-order chi connectivity index (χ0) is 17.1. The number of aromatic nitrogens is 1. The molecule has 4 rings (SSSR count). The van der Waals surface area contributed by atoms with Crippen LogP contribution >= 0.6 is 23.1 Å². The van der Waals surface area contributed by atoms with E-state index in [4.69, 9.17) is 4.74 Å². The van der Waals surface area contributed by atoms with Gasteiger partial charge in [-0.05, 0) is 23.3 Å². The summed E-state index contributed by atoms with van der Waals surface area (Å²) in [6.07, 6.45) is 1.73. The molecule has 0 N–H and O–H groups in total. The molecule has 0 bridgehead atoms. The van der Waals surface area contributed by atoms with Crippen molar-refractivity contribution in [3.63, 3.8) is 0 Å². The minimum absolute atomic E-state index is 0.0261. The van der Waals surface area contributed by atoms with Gasteiger partial charge in [-0.2, -0.15) is 0 Å². The Morgan fingerprint density at radius 2 is 1.92 bits per heavy atom. The summed E-state index contributed by atoms with van der Waals surface area (Å²) in [7, 11) is 0. The van der Waals surface area contributed by atoms with E-state index < -0.39 is 0 Å². The summed E-state index contributed by atoms with van der Waals surface area (Å²) in [6.45, 7) is 0.544. The molecule has 0 aliphatic carbocycles. The van der Waals surface area contributed by atoms with Gasteiger partial charge in [-0.25, -0.2) is 4.98 Å². The second-order valence-corrected chi connectivity index (χ2v) is 7.53. The number of ether oxygens (including phenoxy) is 1. The van der Waals surface area contributed by atoms with Crippen LogP contribution in [0.3, 0.4) is 0 Å². The Labute approximate surface area is 154 Å². The van der Waals surface area contributed by atoms with Gasteiger partial charge in [0, 0.05) is 11.6 Å². The highest BCUT2D eigenvalue weighted by Crippen LogP contribution is 2.42. The van der Waals surface area contributed by atoms with Gasteiger partial charge in [0.25, 0.3) is 0 Å². The van der Waals surface area contributed by atoms with E-state index in [0.29, 0.717) is 12.4 Å². The van der Waals surface area contributed by atoms with Crippen molar-refractivity contribution in [1.29, 1.82) is 0 Å². The molecule has 126 valence electrons. The molecule has 6 heteroatoms. The fraction of sp³-hybridized carbons (Fsp3) is 0.158. The Morgan fingerprint density at radius 3 is 2.64 bits per heavy atom. The van der Waals surface area contributed by atoms with Gasteiger partial charge in [-0.3, -0.25) is 9.69 Å². The van der Waals surface area contributed by atoms with Crippen molar-refractivity contribution in [3.8, 4) is 5.75 Å². The summed E-state index contributed by atoms with van der Waals surface area (Å²) in [5, 5.41) is 2.62. The van der Waals surface area contributed by atoms with Gasteiger partial charge in [-0.1, -0.05) is 42.5 Å². The van der Waals surface area contributed by atoms with E-state index in [9.17, 15) is 4.79 Å². The first-order valence-electron chi connectivity index (χ1n) is 7.91. The van der Waals surface area contributed by atoms with E-state index in [2.05, 4.69) is 4.98 Å². The molecule has 1 saturated heterocycles. The zero-order valence-electron chi connectivity index (χ0n) is 13.4. The Kier molecular flexibility index (Phi) is 4.72. The Morgan fingerprint density at radius 1 is 1.12 bits per heavy atom. The number of benzene rings is 2. The maximum Gasteiger partial charge on any atom is 0.240 e. The van der Waals surface area contributed by atoms with E-state index >= 15 is 0 Å². The van der Waals surface area contributed by atoms with E-state index in [1.807, 2.05) is 60.0 Å². The second-order valence-electron chi connectivity index (χ2n) is 5.59. The smallest absolute Gasteiger partial charge is 0.240 e. The molecule has 1 fully saturated rings. The number of anilines is 1. The maximum atomic E-state index is 12.2. The number of hydrogen-bond acceptors (Lipinski definition) is 5. The van der Waals surface area contributed by atoms with Crippen molar-refractivity contribution in [2.24, 2.45) is 0 Å². The molecule has 25 heavy (non-hydrogen) atoms. The fourth-order valence-corrected chi connectivity index (χ4v) is 4.59. The summed E-state index contributed by atoms with van der Waals surface area (Å²) in [4.78, 5) is 18.3. The van der Waals surface area contributed by atoms with Gasteiger partial charge < -0.3 is 4.74 Å². The molecular formula is C19H16N2O2S2. The lowest BCUT2D eigenvalue weighted by Gasteiger charge is -2.21. The van der Waals surface area contributed by atoms with Crippen LogP contribution < -0.4 is 9.64 Å². The molecule has 0 spiro atoms. The largest absolute Gasteiger partial charge is 0.489 e. The van der Waals surface area contributed by atoms with Crippen molar-refractivity contribution >= 4 is 34.1 Å². The van der Waals surface area contributed by atoms with Gasteiger partial charge in [0.05, 0.1) is 5.75 Å². The first-order valence-corrected chi connectivity index (χ1v) is 9.84. The van der Waals surface area contributed by atoms with Crippen LogP contribution in [0.2, 0.25) is 0 Å². The highest BCUT2D eigenvalue weighted by atomic mass is 32.2. The van der Waals surface area contributed by atoms with Crippen molar-refractivity contribution in [3.05, 3.63) is 77.3 Å². The molecule has 2 heterocycles. The van der Waals surface area contributed by atoms with Gasteiger partial charge >= 0.3 is 0 Å².